The van der Waals surface area contributed by atoms with Gasteiger partial charge < -0.3 is 9.90 Å². The van der Waals surface area contributed by atoms with Crippen LogP contribution in [0.5, 0.6) is 0 Å². The van der Waals surface area contributed by atoms with Crippen LogP contribution in [0.2, 0.25) is 0 Å². The molecule has 0 aromatic carbocycles. The minimum Gasteiger partial charge on any atom is -0.481 e. The Bertz CT molecular complexity index is 212. The molecule has 13 heavy (non-hydrogen) atoms. The van der Waals surface area contributed by atoms with Crippen LogP contribution < -0.4 is 0 Å². The van der Waals surface area contributed by atoms with E-state index < -0.39 is 5.97 Å². The van der Waals surface area contributed by atoms with Gasteiger partial charge in [0.2, 0.25) is 0 Å². The van der Waals surface area contributed by atoms with Crippen LogP contribution >= 0.6 is 0 Å². The van der Waals surface area contributed by atoms with Gasteiger partial charge in [0.1, 0.15) is 6.29 Å². The van der Waals surface area contributed by atoms with Crippen molar-refractivity contribution in [2.75, 3.05) is 0 Å². The molecule has 4 atom stereocenters. The van der Waals surface area contributed by atoms with E-state index in [1.165, 1.54) is 0 Å². The molecule has 0 aliphatic heterocycles. The van der Waals surface area contributed by atoms with E-state index in [1.54, 1.807) is 0 Å². The van der Waals surface area contributed by atoms with Gasteiger partial charge in [-0.15, -0.1) is 0 Å². The summed E-state index contributed by atoms with van der Waals surface area (Å²) in [6.07, 6.45) is 2.68. The van der Waals surface area contributed by atoms with Gasteiger partial charge in [-0.3, -0.25) is 4.79 Å². The van der Waals surface area contributed by atoms with Crippen LogP contribution in [0, 0.1) is 23.7 Å². The molecule has 3 heteroatoms. The predicted octanol–water partition coefficient (Wildman–Crippen LogP) is 1.57. The third-order valence-electron chi connectivity index (χ3n) is 3.20. The summed E-state index contributed by atoms with van der Waals surface area (Å²) in [6.45, 7) is 3.77. The minimum atomic E-state index is -0.747. The summed E-state index contributed by atoms with van der Waals surface area (Å²) in [5.41, 5.74) is 0. The number of aldehydes is 1. The fraction of sp³-hybridized carbons (Fsp3) is 0.800. The highest BCUT2D eigenvalue weighted by Crippen LogP contribution is 2.40. The molecule has 1 rings (SSSR count). The van der Waals surface area contributed by atoms with Crippen molar-refractivity contribution in [1.29, 1.82) is 0 Å². The Morgan fingerprint density at radius 3 is 2.62 bits per heavy atom. The molecule has 2 unspecified atom stereocenters. The van der Waals surface area contributed by atoms with Gasteiger partial charge in [-0.1, -0.05) is 13.8 Å². The largest absolute Gasteiger partial charge is 0.481 e. The van der Waals surface area contributed by atoms with Crippen molar-refractivity contribution in [2.45, 2.75) is 26.7 Å². The van der Waals surface area contributed by atoms with E-state index in [9.17, 15) is 9.59 Å². The Morgan fingerprint density at radius 1 is 1.54 bits per heavy atom. The molecule has 1 fully saturated rings. The topological polar surface area (TPSA) is 54.4 Å². The molecular formula is C10H16O3. The summed E-state index contributed by atoms with van der Waals surface area (Å²) in [5, 5.41) is 8.98. The van der Waals surface area contributed by atoms with Gasteiger partial charge in [0.25, 0.3) is 0 Å². The normalized spacial score (nSPS) is 35.7. The lowest BCUT2D eigenvalue weighted by molar-refractivity contribution is -0.145. The number of rotatable bonds is 3. The second-order valence-corrected chi connectivity index (χ2v) is 4.08. The maximum absolute atomic E-state index is 10.9. The van der Waals surface area contributed by atoms with Gasteiger partial charge in [-0.2, -0.15) is 0 Å². The summed E-state index contributed by atoms with van der Waals surface area (Å²) in [6, 6.07) is 0. The molecule has 0 saturated heterocycles. The van der Waals surface area contributed by atoms with Crippen LogP contribution in [0.4, 0.5) is 0 Å². The standard InChI is InChI=1S/C10H16O3/c1-6-3-4-8(7(2)5-11)9(6)10(12)13/h5-9H,3-4H2,1-2H3,(H,12,13)/t6?,7?,8-,9-/m1/s1. The fourth-order valence-corrected chi connectivity index (χ4v) is 2.35. The molecule has 0 heterocycles. The zero-order chi connectivity index (χ0) is 10.0. The second kappa shape index (κ2) is 3.90. The first-order valence-corrected chi connectivity index (χ1v) is 4.76. The average Bonchev–Trinajstić information content (AvgIpc) is 2.45. The zero-order valence-corrected chi connectivity index (χ0v) is 8.06. The molecule has 1 saturated carbocycles. The highest BCUT2D eigenvalue weighted by molar-refractivity contribution is 5.72. The van der Waals surface area contributed by atoms with E-state index in [1.807, 2.05) is 13.8 Å². The number of hydrogen-bond donors (Lipinski definition) is 1. The highest BCUT2D eigenvalue weighted by Gasteiger charge is 2.40. The van der Waals surface area contributed by atoms with Crippen molar-refractivity contribution in [3.8, 4) is 0 Å². The molecule has 0 spiro atoms. The molecule has 3 nitrogen and oxygen atoms in total. The molecule has 0 amide bonds. The van der Waals surface area contributed by atoms with Crippen LogP contribution in [0.25, 0.3) is 0 Å². The van der Waals surface area contributed by atoms with Crippen molar-refractivity contribution in [3.05, 3.63) is 0 Å². The quantitative estimate of drug-likeness (QED) is 0.677. The Hall–Kier alpha value is -0.860. The van der Waals surface area contributed by atoms with Gasteiger partial charge in [0.15, 0.2) is 0 Å². The summed E-state index contributed by atoms with van der Waals surface area (Å²) >= 11 is 0. The first-order valence-electron chi connectivity index (χ1n) is 4.76. The van der Waals surface area contributed by atoms with Crippen LogP contribution in [0.1, 0.15) is 26.7 Å². The average molecular weight is 184 g/mol. The number of hydrogen-bond acceptors (Lipinski definition) is 2. The first-order chi connectivity index (χ1) is 6.07. The van der Waals surface area contributed by atoms with Gasteiger partial charge in [-0.25, -0.2) is 0 Å². The molecular weight excluding hydrogens is 168 g/mol. The third-order valence-corrected chi connectivity index (χ3v) is 3.20. The number of carboxylic acid groups (broad SMARTS) is 1. The first kappa shape index (κ1) is 10.2. The molecule has 0 radical (unpaired) electrons. The molecule has 0 aromatic rings. The summed E-state index contributed by atoms with van der Waals surface area (Å²) in [5.74, 6) is -0.926. The van der Waals surface area contributed by atoms with Crippen molar-refractivity contribution < 1.29 is 14.7 Å². The number of carbonyl (C=O) groups excluding carboxylic acids is 1. The maximum Gasteiger partial charge on any atom is 0.307 e. The Balaban J connectivity index is 2.75. The summed E-state index contributed by atoms with van der Waals surface area (Å²) in [7, 11) is 0. The highest BCUT2D eigenvalue weighted by atomic mass is 16.4. The molecule has 1 aliphatic rings. The Kier molecular flexibility index (Phi) is 3.07. The molecule has 0 aromatic heterocycles. The number of carboxylic acids is 1. The molecule has 0 bridgehead atoms. The van der Waals surface area contributed by atoms with E-state index >= 15 is 0 Å². The van der Waals surface area contributed by atoms with Crippen molar-refractivity contribution in [3.63, 3.8) is 0 Å². The Labute approximate surface area is 78.1 Å². The van der Waals surface area contributed by atoms with Gasteiger partial charge in [0.05, 0.1) is 5.92 Å². The van der Waals surface area contributed by atoms with Gasteiger partial charge >= 0.3 is 5.97 Å². The van der Waals surface area contributed by atoms with E-state index in [2.05, 4.69) is 0 Å². The summed E-state index contributed by atoms with van der Waals surface area (Å²) in [4.78, 5) is 21.5. The summed E-state index contributed by atoms with van der Waals surface area (Å²) < 4.78 is 0. The zero-order valence-electron chi connectivity index (χ0n) is 8.06. The smallest absolute Gasteiger partial charge is 0.307 e. The lowest BCUT2D eigenvalue weighted by Gasteiger charge is -2.20. The molecule has 1 N–H and O–H groups in total. The predicted molar refractivity (Wildman–Crippen MR) is 48.2 cm³/mol. The maximum atomic E-state index is 10.9. The van der Waals surface area contributed by atoms with Gasteiger partial charge in [-0.05, 0) is 24.7 Å². The van der Waals surface area contributed by atoms with Crippen LogP contribution in [-0.2, 0) is 9.59 Å². The third kappa shape index (κ3) is 1.90. The van der Waals surface area contributed by atoms with E-state index in [0.717, 1.165) is 19.1 Å². The van der Waals surface area contributed by atoms with Crippen molar-refractivity contribution in [2.24, 2.45) is 23.7 Å². The lowest BCUT2D eigenvalue weighted by atomic mass is 9.83. The SMILES string of the molecule is CC(C=O)[C@H]1CCC(C)[C@H]1C(=O)O. The number of carbonyl (C=O) groups is 2. The fourth-order valence-electron chi connectivity index (χ4n) is 2.35. The lowest BCUT2D eigenvalue weighted by Crippen LogP contribution is -2.27. The van der Waals surface area contributed by atoms with Crippen LogP contribution in [-0.4, -0.2) is 17.4 Å². The molecule has 74 valence electrons. The van der Waals surface area contributed by atoms with Crippen molar-refractivity contribution in [1.82, 2.24) is 0 Å². The molecule has 1 aliphatic carbocycles. The van der Waals surface area contributed by atoms with E-state index in [0.29, 0.717) is 0 Å². The van der Waals surface area contributed by atoms with Gasteiger partial charge in [0, 0.05) is 5.92 Å². The van der Waals surface area contributed by atoms with Crippen molar-refractivity contribution >= 4 is 12.3 Å². The van der Waals surface area contributed by atoms with E-state index in [-0.39, 0.29) is 23.7 Å². The second-order valence-electron chi connectivity index (χ2n) is 4.08. The van der Waals surface area contributed by atoms with Crippen LogP contribution in [0.15, 0.2) is 0 Å². The Morgan fingerprint density at radius 2 is 2.15 bits per heavy atom. The van der Waals surface area contributed by atoms with Crippen LogP contribution in [0.3, 0.4) is 0 Å². The number of aliphatic carboxylic acids is 1. The van der Waals surface area contributed by atoms with E-state index in [4.69, 9.17) is 5.11 Å². The minimum absolute atomic E-state index is 0.0463. The monoisotopic (exact) mass is 184 g/mol.